The second-order valence-electron chi connectivity index (χ2n) is 9.05. The van der Waals surface area contributed by atoms with Gasteiger partial charge < -0.3 is 10.1 Å². The smallest absolute Gasteiger partial charge is 0.120 e. The van der Waals surface area contributed by atoms with Gasteiger partial charge in [-0.1, -0.05) is 55.7 Å². The van der Waals surface area contributed by atoms with E-state index in [0.29, 0.717) is 11.6 Å². The summed E-state index contributed by atoms with van der Waals surface area (Å²) in [7, 11) is 1.67. The molecule has 0 atom stereocenters. The molecular formula is C29H26N4O. The van der Waals surface area contributed by atoms with Gasteiger partial charge in [-0.3, -0.25) is 9.38 Å². The molecule has 168 valence electrons. The van der Waals surface area contributed by atoms with Crippen molar-refractivity contribution in [2.75, 3.05) is 12.4 Å². The Hall–Kier alpha value is -4.04. The van der Waals surface area contributed by atoms with E-state index in [-0.39, 0.29) is 0 Å². The lowest BCUT2D eigenvalue weighted by Gasteiger charge is -2.25. The second kappa shape index (κ2) is 8.39. The van der Waals surface area contributed by atoms with Crippen LogP contribution in [-0.4, -0.2) is 22.5 Å². The normalized spacial score (nSPS) is 14.5. The molecule has 0 saturated heterocycles. The summed E-state index contributed by atoms with van der Waals surface area (Å²) < 4.78 is 7.62. The first-order chi connectivity index (χ1) is 16.8. The van der Waals surface area contributed by atoms with Crippen molar-refractivity contribution in [3.63, 3.8) is 0 Å². The quantitative estimate of drug-likeness (QED) is 0.304. The van der Waals surface area contributed by atoms with Crippen LogP contribution in [0, 0.1) is 11.3 Å². The first kappa shape index (κ1) is 20.6. The molecule has 2 aromatic carbocycles. The van der Waals surface area contributed by atoms with Crippen molar-refractivity contribution in [1.82, 2.24) is 9.38 Å². The predicted octanol–water partition coefficient (Wildman–Crippen LogP) is 6.93. The molecule has 5 nitrogen and oxygen atoms in total. The number of nitrogens with zero attached hydrogens (tertiary/aromatic N) is 3. The van der Waals surface area contributed by atoms with Crippen molar-refractivity contribution in [1.29, 1.82) is 5.26 Å². The topological polar surface area (TPSA) is 62.3 Å². The molecular weight excluding hydrogens is 420 g/mol. The minimum atomic E-state index is 0.383. The molecule has 6 rings (SSSR count). The maximum Gasteiger partial charge on any atom is 0.120 e. The number of ether oxygens (including phenoxy) is 1. The molecule has 0 bridgehead atoms. The molecule has 1 saturated carbocycles. The summed E-state index contributed by atoms with van der Waals surface area (Å²) in [4.78, 5) is 4.76. The summed E-state index contributed by atoms with van der Waals surface area (Å²) in [6.45, 7) is 0. The maximum atomic E-state index is 10.4. The molecule has 0 amide bonds. The molecule has 34 heavy (non-hydrogen) atoms. The highest BCUT2D eigenvalue weighted by Crippen LogP contribution is 2.41. The number of aromatic nitrogens is 2. The Balaban J connectivity index is 1.72. The Morgan fingerprint density at radius 2 is 1.74 bits per heavy atom. The van der Waals surface area contributed by atoms with Crippen LogP contribution in [0.25, 0.3) is 38.4 Å². The van der Waals surface area contributed by atoms with Crippen LogP contribution in [0.4, 0.5) is 5.82 Å². The number of benzene rings is 2. The van der Waals surface area contributed by atoms with Crippen LogP contribution in [-0.2, 0) is 0 Å². The lowest BCUT2D eigenvalue weighted by Crippen LogP contribution is -2.23. The Labute approximate surface area is 198 Å². The number of nitriles is 1. The number of hydrogen-bond acceptors (Lipinski definition) is 4. The molecule has 1 aliphatic rings. The van der Waals surface area contributed by atoms with Crippen molar-refractivity contribution < 1.29 is 4.74 Å². The molecule has 0 aliphatic heterocycles. The van der Waals surface area contributed by atoms with E-state index in [1.165, 1.54) is 19.3 Å². The predicted molar refractivity (Wildman–Crippen MR) is 137 cm³/mol. The minimum absolute atomic E-state index is 0.383. The minimum Gasteiger partial charge on any atom is -0.497 e. The Kier molecular flexibility index (Phi) is 5.07. The number of pyridine rings is 2. The Bertz CT molecular complexity index is 1550. The van der Waals surface area contributed by atoms with E-state index in [1.807, 2.05) is 36.5 Å². The van der Waals surface area contributed by atoms with Gasteiger partial charge in [0.25, 0.3) is 0 Å². The van der Waals surface area contributed by atoms with Crippen molar-refractivity contribution in [3.05, 3.63) is 72.4 Å². The van der Waals surface area contributed by atoms with E-state index in [2.05, 4.69) is 46.1 Å². The van der Waals surface area contributed by atoms with Crippen molar-refractivity contribution in [2.24, 2.45) is 0 Å². The van der Waals surface area contributed by atoms with E-state index < -0.39 is 0 Å². The number of methoxy groups -OCH3 is 1. The average molecular weight is 447 g/mol. The summed E-state index contributed by atoms with van der Waals surface area (Å²) >= 11 is 0. The third-order valence-corrected chi connectivity index (χ3v) is 7.07. The summed E-state index contributed by atoms with van der Waals surface area (Å²) in [5.74, 6) is 1.78. The van der Waals surface area contributed by atoms with Gasteiger partial charge in [-0.25, -0.2) is 0 Å². The van der Waals surface area contributed by atoms with Gasteiger partial charge in [0.05, 0.1) is 29.2 Å². The zero-order valence-corrected chi connectivity index (χ0v) is 19.2. The van der Waals surface area contributed by atoms with Gasteiger partial charge in [0.15, 0.2) is 0 Å². The van der Waals surface area contributed by atoms with E-state index in [9.17, 15) is 5.26 Å². The van der Waals surface area contributed by atoms with Crippen LogP contribution in [0.3, 0.4) is 0 Å². The van der Waals surface area contributed by atoms with Gasteiger partial charge in [-0.05, 0) is 42.7 Å². The Morgan fingerprint density at radius 1 is 0.971 bits per heavy atom. The van der Waals surface area contributed by atoms with Crippen molar-refractivity contribution >= 4 is 33.1 Å². The van der Waals surface area contributed by atoms with E-state index in [0.717, 1.165) is 62.9 Å². The largest absolute Gasteiger partial charge is 0.497 e. The van der Waals surface area contributed by atoms with Crippen LogP contribution in [0.1, 0.15) is 37.7 Å². The monoisotopic (exact) mass is 446 g/mol. The van der Waals surface area contributed by atoms with Crippen molar-refractivity contribution in [2.45, 2.75) is 38.1 Å². The summed E-state index contributed by atoms with van der Waals surface area (Å²) in [6.07, 6.45) is 7.87. The molecule has 0 spiro atoms. The molecule has 1 N–H and O–H groups in total. The Morgan fingerprint density at radius 3 is 2.50 bits per heavy atom. The summed E-state index contributed by atoms with van der Waals surface area (Å²) in [5.41, 5.74) is 5.50. The van der Waals surface area contributed by atoms with Gasteiger partial charge in [0.1, 0.15) is 17.6 Å². The fourth-order valence-electron chi connectivity index (χ4n) is 5.39. The SMILES string of the molecule is COc1ccc(-c2c(C#N)c3ccc4ccc5cccnc5c4n3c2NC2CCCCC2)cc1. The lowest BCUT2D eigenvalue weighted by atomic mass is 9.95. The third-order valence-electron chi connectivity index (χ3n) is 7.07. The molecule has 3 aromatic heterocycles. The highest BCUT2D eigenvalue weighted by Gasteiger charge is 2.25. The van der Waals surface area contributed by atoms with E-state index >= 15 is 0 Å². The van der Waals surface area contributed by atoms with Crippen molar-refractivity contribution in [3.8, 4) is 22.9 Å². The summed E-state index contributed by atoms with van der Waals surface area (Å²) in [6, 6.07) is 23.4. The van der Waals surface area contributed by atoms with E-state index in [1.54, 1.807) is 7.11 Å². The first-order valence-corrected chi connectivity index (χ1v) is 11.9. The molecule has 0 unspecified atom stereocenters. The molecule has 1 fully saturated rings. The van der Waals surface area contributed by atoms with Crippen LogP contribution in [0.5, 0.6) is 5.75 Å². The zero-order valence-electron chi connectivity index (χ0n) is 19.2. The number of nitrogens with one attached hydrogen (secondary N) is 1. The standard InChI is InChI=1S/C29H26N4O/c1-34-23-14-11-19(12-15-23)26-24(18-30)25-16-13-21-10-9-20-6-5-17-31-27(20)28(21)33(25)29(26)32-22-7-3-2-4-8-22/h5-6,9-17,22,32H,2-4,7-8H2,1H3. The maximum absolute atomic E-state index is 10.4. The molecule has 5 heteroatoms. The van der Waals surface area contributed by atoms with Gasteiger partial charge in [0.2, 0.25) is 0 Å². The number of fused-ring (bicyclic) bond motifs is 5. The molecule has 3 heterocycles. The number of hydrogen-bond donors (Lipinski definition) is 1. The number of rotatable bonds is 4. The van der Waals surface area contributed by atoms with Gasteiger partial charge in [-0.2, -0.15) is 5.26 Å². The molecule has 5 aromatic rings. The fraction of sp³-hybridized carbons (Fsp3) is 0.241. The number of anilines is 1. The highest BCUT2D eigenvalue weighted by molar-refractivity contribution is 6.07. The average Bonchev–Trinajstić information content (AvgIpc) is 3.22. The van der Waals surface area contributed by atoms with Crippen LogP contribution >= 0.6 is 0 Å². The van der Waals surface area contributed by atoms with Gasteiger partial charge in [0, 0.05) is 28.6 Å². The highest BCUT2D eigenvalue weighted by atomic mass is 16.5. The zero-order chi connectivity index (χ0) is 23.1. The third kappa shape index (κ3) is 3.26. The van der Waals surface area contributed by atoms with Crippen LogP contribution < -0.4 is 10.1 Å². The van der Waals surface area contributed by atoms with Gasteiger partial charge in [-0.15, -0.1) is 0 Å². The summed E-state index contributed by atoms with van der Waals surface area (Å²) in [5, 5.41) is 16.4. The first-order valence-electron chi connectivity index (χ1n) is 11.9. The lowest BCUT2D eigenvalue weighted by molar-refractivity contribution is 0.415. The fourth-order valence-corrected chi connectivity index (χ4v) is 5.39. The van der Waals surface area contributed by atoms with E-state index in [4.69, 9.17) is 9.72 Å². The van der Waals surface area contributed by atoms with Gasteiger partial charge >= 0.3 is 0 Å². The molecule has 1 aliphatic carbocycles. The molecule has 0 radical (unpaired) electrons. The second-order valence-corrected chi connectivity index (χ2v) is 9.05. The van der Waals surface area contributed by atoms with Crippen LogP contribution in [0.15, 0.2) is 66.9 Å². The van der Waals surface area contributed by atoms with Crippen LogP contribution in [0.2, 0.25) is 0 Å².